The smallest absolute Gasteiger partial charge is 0.343 e. The van der Waals surface area contributed by atoms with Gasteiger partial charge in [0.15, 0.2) is 16.9 Å². The predicted molar refractivity (Wildman–Crippen MR) is 106 cm³/mol. The molecule has 0 aliphatic heterocycles. The van der Waals surface area contributed by atoms with Gasteiger partial charge in [-0.2, -0.15) is 0 Å². The summed E-state index contributed by atoms with van der Waals surface area (Å²) in [5, 5.41) is 0.302. The van der Waals surface area contributed by atoms with E-state index in [0.717, 1.165) is 5.56 Å². The van der Waals surface area contributed by atoms with E-state index in [1.165, 1.54) is 19.2 Å². The van der Waals surface area contributed by atoms with Crippen molar-refractivity contribution in [2.24, 2.45) is 0 Å². The van der Waals surface area contributed by atoms with Gasteiger partial charge in [-0.25, -0.2) is 4.79 Å². The average Bonchev–Trinajstić information content (AvgIpc) is 2.74. The molecule has 5 nitrogen and oxygen atoms in total. The largest absolute Gasteiger partial charge is 0.493 e. The molecule has 0 atom stereocenters. The first-order valence-corrected chi connectivity index (χ1v) is 8.64. The average molecular weight is 372 g/mol. The molecule has 1 aromatic heterocycles. The van der Waals surface area contributed by atoms with Gasteiger partial charge in [-0.1, -0.05) is 48.5 Å². The second kappa shape index (κ2) is 7.40. The number of esters is 1. The highest BCUT2D eigenvalue weighted by molar-refractivity contribution is 5.92. The molecule has 0 aliphatic rings. The Kier molecular flexibility index (Phi) is 4.64. The maximum Gasteiger partial charge on any atom is 0.343 e. The third kappa shape index (κ3) is 3.38. The molecule has 0 radical (unpaired) electrons. The van der Waals surface area contributed by atoms with Crippen molar-refractivity contribution in [3.05, 3.63) is 94.6 Å². The van der Waals surface area contributed by atoms with Crippen molar-refractivity contribution in [3.63, 3.8) is 0 Å². The number of methoxy groups -OCH3 is 1. The van der Waals surface area contributed by atoms with Crippen LogP contribution in [-0.4, -0.2) is 13.1 Å². The zero-order valence-corrected chi connectivity index (χ0v) is 15.0. The Morgan fingerprint density at radius 3 is 2.21 bits per heavy atom. The minimum atomic E-state index is -0.538. The van der Waals surface area contributed by atoms with E-state index >= 15 is 0 Å². The Morgan fingerprint density at radius 2 is 1.54 bits per heavy atom. The lowest BCUT2D eigenvalue weighted by Gasteiger charge is -2.11. The topological polar surface area (TPSA) is 65.7 Å². The third-order valence-electron chi connectivity index (χ3n) is 4.28. The Hall–Kier alpha value is -3.86. The molecule has 0 fully saturated rings. The highest BCUT2D eigenvalue weighted by Gasteiger charge is 2.16. The van der Waals surface area contributed by atoms with Crippen LogP contribution in [0.5, 0.6) is 11.5 Å². The Balaban J connectivity index is 1.78. The molecule has 0 saturated heterocycles. The second-order valence-corrected chi connectivity index (χ2v) is 6.10. The third-order valence-corrected chi connectivity index (χ3v) is 4.28. The molecular formula is C23H16O5. The summed E-state index contributed by atoms with van der Waals surface area (Å²) in [6, 6.07) is 22.4. The summed E-state index contributed by atoms with van der Waals surface area (Å²) in [6.07, 6.45) is 0. The van der Waals surface area contributed by atoms with E-state index in [1.54, 1.807) is 30.3 Å². The summed E-state index contributed by atoms with van der Waals surface area (Å²) in [6.45, 7) is 0. The fourth-order valence-corrected chi connectivity index (χ4v) is 2.88. The van der Waals surface area contributed by atoms with Gasteiger partial charge in [0.05, 0.1) is 18.1 Å². The number of ether oxygens (including phenoxy) is 2. The van der Waals surface area contributed by atoms with Crippen LogP contribution in [-0.2, 0) is 0 Å². The number of rotatable bonds is 4. The molecule has 0 saturated carbocycles. The number of benzene rings is 3. The quantitative estimate of drug-likeness (QED) is 0.384. The van der Waals surface area contributed by atoms with Gasteiger partial charge in [-0.15, -0.1) is 0 Å². The Bertz CT molecular complexity index is 1190. The summed E-state index contributed by atoms with van der Waals surface area (Å²) < 4.78 is 16.7. The molecule has 4 aromatic rings. The first-order chi connectivity index (χ1) is 13.7. The van der Waals surface area contributed by atoms with Crippen LogP contribution in [0.25, 0.3) is 22.3 Å². The van der Waals surface area contributed by atoms with Crippen LogP contribution in [0.15, 0.2) is 88.1 Å². The zero-order valence-electron chi connectivity index (χ0n) is 15.0. The van der Waals surface area contributed by atoms with Gasteiger partial charge in [-0.3, -0.25) is 4.79 Å². The minimum absolute atomic E-state index is 0.156. The van der Waals surface area contributed by atoms with Crippen molar-refractivity contribution in [1.82, 2.24) is 0 Å². The fraction of sp³-hybridized carbons (Fsp3) is 0.0435. The van der Waals surface area contributed by atoms with Crippen molar-refractivity contribution >= 4 is 16.9 Å². The number of hydrogen-bond donors (Lipinski definition) is 0. The highest BCUT2D eigenvalue weighted by Crippen LogP contribution is 2.33. The van der Waals surface area contributed by atoms with Gasteiger partial charge < -0.3 is 13.9 Å². The van der Waals surface area contributed by atoms with Gasteiger partial charge in [0, 0.05) is 17.7 Å². The predicted octanol–water partition coefficient (Wildman–Crippen LogP) is 4.69. The Morgan fingerprint density at radius 1 is 0.857 bits per heavy atom. The monoisotopic (exact) mass is 372 g/mol. The van der Waals surface area contributed by atoms with Crippen LogP contribution in [0.1, 0.15) is 10.4 Å². The molecule has 138 valence electrons. The summed E-state index contributed by atoms with van der Waals surface area (Å²) >= 11 is 0. The molecular weight excluding hydrogens is 356 g/mol. The molecule has 4 rings (SSSR count). The van der Waals surface area contributed by atoms with Crippen molar-refractivity contribution in [2.75, 3.05) is 7.11 Å². The zero-order chi connectivity index (χ0) is 19.5. The lowest BCUT2D eigenvalue weighted by Crippen LogP contribution is -2.10. The van der Waals surface area contributed by atoms with Crippen molar-refractivity contribution in [2.45, 2.75) is 0 Å². The van der Waals surface area contributed by atoms with Crippen molar-refractivity contribution in [1.29, 1.82) is 0 Å². The van der Waals surface area contributed by atoms with Crippen LogP contribution < -0.4 is 14.9 Å². The normalized spacial score (nSPS) is 10.6. The summed E-state index contributed by atoms with van der Waals surface area (Å²) in [7, 11) is 1.46. The van der Waals surface area contributed by atoms with Crippen LogP contribution >= 0.6 is 0 Å². The first-order valence-electron chi connectivity index (χ1n) is 8.64. The first kappa shape index (κ1) is 17.5. The highest BCUT2D eigenvalue weighted by atomic mass is 16.6. The molecule has 0 N–H and O–H groups in total. The van der Waals surface area contributed by atoms with E-state index < -0.39 is 5.97 Å². The van der Waals surface area contributed by atoms with Crippen molar-refractivity contribution in [3.8, 4) is 22.8 Å². The summed E-state index contributed by atoms with van der Waals surface area (Å²) in [5.74, 6) is 0.367. The molecule has 0 bridgehead atoms. The Labute approximate surface area is 160 Å². The van der Waals surface area contributed by atoms with E-state index in [4.69, 9.17) is 13.9 Å². The summed E-state index contributed by atoms with van der Waals surface area (Å²) in [5.41, 5.74) is 1.30. The van der Waals surface area contributed by atoms with Gasteiger partial charge in [0.25, 0.3) is 0 Å². The SMILES string of the molecule is COc1cc2oc(-c3ccccc3)cc(=O)c2cc1OC(=O)c1ccccc1. The maximum absolute atomic E-state index is 12.6. The van der Waals surface area contributed by atoms with E-state index in [2.05, 4.69) is 0 Å². The number of carbonyl (C=O) groups excluding carboxylic acids is 1. The van der Waals surface area contributed by atoms with Crippen molar-refractivity contribution < 1.29 is 18.7 Å². The lowest BCUT2D eigenvalue weighted by molar-refractivity contribution is 0.0730. The van der Waals surface area contributed by atoms with Crippen LogP contribution in [0.2, 0.25) is 0 Å². The minimum Gasteiger partial charge on any atom is -0.493 e. The number of carbonyl (C=O) groups is 1. The van der Waals surface area contributed by atoms with E-state index in [9.17, 15) is 9.59 Å². The van der Waals surface area contributed by atoms with E-state index in [0.29, 0.717) is 28.0 Å². The standard InChI is InChI=1S/C23H16O5/c1-26-21-14-20-17(12-22(21)28-23(25)16-10-6-3-7-11-16)18(24)13-19(27-20)15-8-4-2-5-9-15/h2-14H,1H3. The number of fused-ring (bicyclic) bond motifs is 1. The molecule has 0 spiro atoms. The van der Waals surface area contributed by atoms with Crippen LogP contribution in [0, 0.1) is 0 Å². The lowest BCUT2D eigenvalue weighted by atomic mass is 10.1. The molecule has 3 aromatic carbocycles. The maximum atomic E-state index is 12.6. The summed E-state index contributed by atoms with van der Waals surface area (Å²) in [4.78, 5) is 25.0. The van der Waals surface area contributed by atoms with E-state index in [-0.39, 0.29) is 11.2 Å². The van der Waals surface area contributed by atoms with Crippen LogP contribution in [0.4, 0.5) is 0 Å². The van der Waals surface area contributed by atoms with Gasteiger partial charge in [0.2, 0.25) is 0 Å². The molecule has 0 aliphatic carbocycles. The molecule has 1 heterocycles. The molecule has 0 amide bonds. The molecule has 0 unspecified atom stereocenters. The van der Waals surface area contributed by atoms with E-state index in [1.807, 2.05) is 36.4 Å². The van der Waals surface area contributed by atoms with Crippen LogP contribution in [0.3, 0.4) is 0 Å². The van der Waals surface area contributed by atoms with Gasteiger partial charge in [-0.05, 0) is 18.2 Å². The number of hydrogen-bond acceptors (Lipinski definition) is 5. The molecule has 28 heavy (non-hydrogen) atoms. The van der Waals surface area contributed by atoms with Gasteiger partial charge in [0.1, 0.15) is 11.3 Å². The fourth-order valence-electron chi connectivity index (χ4n) is 2.88. The van der Waals surface area contributed by atoms with Gasteiger partial charge >= 0.3 is 5.97 Å². The molecule has 5 heteroatoms. The second-order valence-electron chi connectivity index (χ2n) is 6.10.